The van der Waals surface area contributed by atoms with Crippen LogP contribution in [0.25, 0.3) is 0 Å². The van der Waals surface area contributed by atoms with Crippen LogP contribution in [0.2, 0.25) is 0 Å². The van der Waals surface area contributed by atoms with E-state index in [2.05, 4.69) is 15.5 Å². The Hall–Kier alpha value is -1.45. The molecule has 0 saturated carbocycles. The summed E-state index contributed by atoms with van der Waals surface area (Å²) < 4.78 is 0. The molecule has 0 aliphatic heterocycles. The summed E-state index contributed by atoms with van der Waals surface area (Å²) in [7, 11) is 0. The lowest BCUT2D eigenvalue weighted by atomic mass is 10.1. The van der Waals surface area contributed by atoms with Crippen LogP contribution >= 0.6 is 0 Å². The molecule has 0 spiro atoms. The number of aromatic nitrogens is 2. The summed E-state index contributed by atoms with van der Waals surface area (Å²) in [6, 6.07) is 3.53. The highest BCUT2D eigenvalue weighted by Gasteiger charge is 2.16. The quantitative estimate of drug-likeness (QED) is 0.800. The van der Waals surface area contributed by atoms with Crippen molar-refractivity contribution >= 4 is 5.91 Å². The molecule has 0 radical (unpaired) electrons. The molecular formula is C11H17N3O. The summed E-state index contributed by atoms with van der Waals surface area (Å²) >= 11 is 0. The molecule has 1 N–H and O–H groups in total. The fourth-order valence-corrected chi connectivity index (χ4v) is 1.07. The molecule has 1 aromatic heterocycles. The van der Waals surface area contributed by atoms with Crippen LogP contribution in [-0.2, 0) is 6.42 Å². The fourth-order valence-electron chi connectivity index (χ4n) is 1.07. The topological polar surface area (TPSA) is 54.9 Å². The van der Waals surface area contributed by atoms with E-state index in [0.717, 1.165) is 12.1 Å². The monoisotopic (exact) mass is 207 g/mol. The number of amides is 1. The predicted octanol–water partition coefficient (Wildman–Crippen LogP) is 1.57. The number of nitrogens with one attached hydrogen (secondary N) is 1. The van der Waals surface area contributed by atoms with Gasteiger partial charge in [-0.25, -0.2) is 0 Å². The zero-order valence-electron chi connectivity index (χ0n) is 9.66. The van der Waals surface area contributed by atoms with Gasteiger partial charge in [-0.1, -0.05) is 6.92 Å². The molecular weight excluding hydrogens is 190 g/mol. The minimum absolute atomic E-state index is 0.183. The molecule has 0 unspecified atom stereocenters. The van der Waals surface area contributed by atoms with Gasteiger partial charge in [-0.3, -0.25) is 4.79 Å². The van der Waals surface area contributed by atoms with E-state index in [1.54, 1.807) is 6.07 Å². The molecule has 4 nitrogen and oxygen atoms in total. The molecule has 1 amide bonds. The van der Waals surface area contributed by atoms with E-state index in [1.165, 1.54) is 0 Å². The molecule has 4 heteroatoms. The molecule has 0 fully saturated rings. The maximum atomic E-state index is 11.6. The van der Waals surface area contributed by atoms with Crippen molar-refractivity contribution in [1.29, 1.82) is 0 Å². The van der Waals surface area contributed by atoms with E-state index in [4.69, 9.17) is 0 Å². The van der Waals surface area contributed by atoms with Crippen LogP contribution in [0, 0.1) is 0 Å². The lowest BCUT2D eigenvalue weighted by Crippen LogP contribution is -2.41. The summed E-state index contributed by atoms with van der Waals surface area (Å²) in [6.07, 6.45) is 0.828. The van der Waals surface area contributed by atoms with Crippen molar-refractivity contribution in [2.24, 2.45) is 0 Å². The van der Waals surface area contributed by atoms with Crippen molar-refractivity contribution in [3.63, 3.8) is 0 Å². The molecule has 0 aliphatic rings. The van der Waals surface area contributed by atoms with Gasteiger partial charge in [0.15, 0.2) is 5.69 Å². The van der Waals surface area contributed by atoms with Gasteiger partial charge < -0.3 is 5.32 Å². The lowest BCUT2D eigenvalue weighted by Gasteiger charge is -2.19. The molecule has 0 aliphatic carbocycles. The van der Waals surface area contributed by atoms with Crippen LogP contribution in [0.3, 0.4) is 0 Å². The Kier molecular flexibility index (Phi) is 3.39. The van der Waals surface area contributed by atoms with Crippen LogP contribution < -0.4 is 5.32 Å². The lowest BCUT2D eigenvalue weighted by molar-refractivity contribution is 0.0913. The van der Waals surface area contributed by atoms with Gasteiger partial charge in [0, 0.05) is 5.54 Å². The van der Waals surface area contributed by atoms with E-state index in [1.807, 2.05) is 33.8 Å². The average Bonchev–Trinajstić information content (AvgIpc) is 2.15. The van der Waals surface area contributed by atoms with Crippen LogP contribution in [-0.4, -0.2) is 21.6 Å². The molecule has 0 bridgehead atoms. The third-order valence-corrected chi connectivity index (χ3v) is 1.80. The van der Waals surface area contributed by atoms with Crippen LogP contribution in [0.5, 0.6) is 0 Å². The van der Waals surface area contributed by atoms with Gasteiger partial charge in [-0.2, -0.15) is 5.10 Å². The second-order valence-corrected chi connectivity index (χ2v) is 4.47. The standard InChI is InChI=1S/C11H17N3O/c1-5-8-6-7-9(14-13-8)10(15)12-11(2,3)4/h6-7H,5H2,1-4H3,(H,12,15). The number of carbonyl (C=O) groups is 1. The molecule has 1 aromatic rings. The first kappa shape index (κ1) is 11.6. The first-order valence-electron chi connectivity index (χ1n) is 5.07. The zero-order valence-corrected chi connectivity index (χ0v) is 9.66. The summed E-state index contributed by atoms with van der Waals surface area (Å²) in [6.45, 7) is 7.79. The largest absolute Gasteiger partial charge is 0.346 e. The summed E-state index contributed by atoms with van der Waals surface area (Å²) in [5, 5.41) is 10.6. The second-order valence-electron chi connectivity index (χ2n) is 4.47. The Morgan fingerprint density at radius 1 is 1.33 bits per heavy atom. The Labute approximate surface area is 90.1 Å². The minimum Gasteiger partial charge on any atom is -0.346 e. The number of nitrogens with zero attached hydrogens (tertiary/aromatic N) is 2. The molecule has 1 heterocycles. The van der Waals surface area contributed by atoms with E-state index < -0.39 is 0 Å². The zero-order chi connectivity index (χ0) is 11.5. The van der Waals surface area contributed by atoms with E-state index in [0.29, 0.717) is 5.69 Å². The number of carbonyl (C=O) groups excluding carboxylic acids is 1. The van der Waals surface area contributed by atoms with Crippen molar-refractivity contribution in [3.8, 4) is 0 Å². The molecule has 1 rings (SSSR count). The normalized spacial score (nSPS) is 11.2. The summed E-state index contributed by atoms with van der Waals surface area (Å²) in [5.74, 6) is -0.183. The van der Waals surface area contributed by atoms with Crippen LogP contribution in [0.1, 0.15) is 43.9 Å². The fraction of sp³-hybridized carbons (Fsp3) is 0.545. The van der Waals surface area contributed by atoms with Gasteiger partial charge >= 0.3 is 0 Å². The summed E-state index contributed by atoms with van der Waals surface area (Å²) in [5.41, 5.74) is 1.01. The van der Waals surface area contributed by atoms with Crippen molar-refractivity contribution in [2.75, 3.05) is 0 Å². The highest BCUT2D eigenvalue weighted by atomic mass is 16.2. The van der Waals surface area contributed by atoms with Crippen molar-refractivity contribution < 1.29 is 4.79 Å². The Morgan fingerprint density at radius 2 is 2.00 bits per heavy atom. The smallest absolute Gasteiger partial charge is 0.272 e. The number of aryl methyl sites for hydroxylation is 1. The van der Waals surface area contributed by atoms with E-state index in [-0.39, 0.29) is 11.4 Å². The number of rotatable bonds is 2. The molecule has 0 aromatic carbocycles. The SMILES string of the molecule is CCc1ccc(C(=O)NC(C)(C)C)nn1. The molecule has 0 atom stereocenters. The highest BCUT2D eigenvalue weighted by molar-refractivity contribution is 5.92. The van der Waals surface area contributed by atoms with Gasteiger partial charge in [0.1, 0.15) is 0 Å². The number of hydrogen-bond acceptors (Lipinski definition) is 3. The van der Waals surface area contributed by atoms with Gasteiger partial charge in [0.2, 0.25) is 0 Å². The van der Waals surface area contributed by atoms with Crippen molar-refractivity contribution in [1.82, 2.24) is 15.5 Å². The van der Waals surface area contributed by atoms with Gasteiger partial charge in [0.25, 0.3) is 5.91 Å². The van der Waals surface area contributed by atoms with Gasteiger partial charge in [-0.15, -0.1) is 5.10 Å². The van der Waals surface area contributed by atoms with Crippen molar-refractivity contribution in [3.05, 3.63) is 23.5 Å². The first-order valence-corrected chi connectivity index (χ1v) is 5.07. The third kappa shape index (κ3) is 3.65. The van der Waals surface area contributed by atoms with Crippen molar-refractivity contribution in [2.45, 2.75) is 39.7 Å². The molecule has 15 heavy (non-hydrogen) atoms. The first-order chi connectivity index (χ1) is 6.92. The minimum atomic E-state index is -0.248. The van der Waals surface area contributed by atoms with E-state index in [9.17, 15) is 4.79 Å². The maximum absolute atomic E-state index is 11.6. The van der Waals surface area contributed by atoms with E-state index >= 15 is 0 Å². The van der Waals surface area contributed by atoms with Crippen LogP contribution in [0.15, 0.2) is 12.1 Å². The predicted molar refractivity (Wildman–Crippen MR) is 58.6 cm³/mol. The Morgan fingerprint density at radius 3 is 2.40 bits per heavy atom. The summed E-state index contributed by atoms with van der Waals surface area (Å²) in [4.78, 5) is 11.6. The maximum Gasteiger partial charge on any atom is 0.272 e. The average molecular weight is 207 g/mol. The Bertz CT molecular complexity index is 338. The van der Waals surface area contributed by atoms with Gasteiger partial charge in [0.05, 0.1) is 5.69 Å². The highest BCUT2D eigenvalue weighted by Crippen LogP contribution is 2.02. The second kappa shape index (κ2) is 4.38. The molecule has 0 saturated heterocycles. The Balaban J connectivity index is 2.75. The third-order valence-electron chi connectivity index (χ3n) is 1.80. The number of hydrogen-bond donors (Lipinski definition) is 1. The molecule has 82 valence electrons. The van der Waals surface area contributed by atoms with Gasteiger partial charge in [-0.05, 0) is 39.3 Å². The van der Waals surface area contributed by atoms with Crippen LogP contribution in [0.4, 0.5) is 0 Å².